The van der Waals surface area contributed by atoms with E-state index in [4.69, 9.17) is 0 Å². The van der Waals surface area contributed by atoms with E-state index in [2.05, 4.69) is 43.5 Å². The fraction of sp³-hybridized carbons (Fsp3) is 0.100. The number of fused-ring (bicyclic) bond motifs is 1. The summed E-state index contributed by atoms with van der Waals surface area (Å²) in [5.41, 5.74) is 1.90. The molecule has 14 heavy (non-hydrogen) atoms. The number of aromatic amines is 1. The molecule has 0 saturated heterocycles. The first-order valence-corrected chi connectivity index (χ1v) is 5.94. The predicted octanol–water partition coefficient (Wildman–Crippen LogP) is 3.20. The zero-order chi connectivity index (χ0) is 10.3. The van der Waals surface area contributed by atoms with Crippen LogP contribution in [-0.2, 0) is 0 Å². The van der Waals surface area contributed by atoms with Crippen LogP contribution in [0.4, 0.5) is 0 Å². The number of halogens is 2. The predicted molar refractivity (Wildman–Crippen MR) is 69.7 cm³/mol. The van der Waals surface area contributed by atoms with Crippen LogP contribution in [0.2, 0.25) is 0 Å². The fourth-order valence-electron chi connectivity index (χ4n) is 1.36. The lowest BCUT2D eigenvalue weighted by atomic mass is 10.2. The number of aromatic nitrogens is 1. The van der Waals surface area contributed by atoms with E-state index >= 15 is 0 Å². The molecule has 0 unspecified atom stereocenters. The van der Waals surface area contributed by atoms with E-state index in [-0.39, 0.29) is 5.43 Å². The van der Waals surface area contributed by atoms with Crippen molar-refractivity contribution in [3.8, 4) is 0 Å². The Balaban J connectivity index is 2.98. The van der Waals surface area contributed by atoms with Crippen LogP contribution >= 0.6 is 38.5 Å². The lowest BCUT2D eigenvalue weighted by molar-refractivity contribution is 1.21. The van der Waals surface area contributed by atoms with Crippen molar-refractivity contribution in [1.82, 2.24) is 4.98 Å². The Morgan fingerprint density at radius 1 is 1.43 bits per heavy atom. The molecule has 0 radical (unpaired) electrons. The molecule has 0 atom stereocenters. The van der Waals surface area contributed by atoms with Crippen molar-refractivity contribution in [1.29, 1.82) is 0 Å². The van der Waals surface area contributed by atoms with Crippen LogP contribution in [0.5, 0.6) is 0 Å². The van der Waals surface area contributed by atoms with Crippen LogP contribution in [0.3, 0.4) is 0 Å². The van der Waals surface area contributed by atoms with Crippen molar-refractivity contribution in [2.75, 3.05) is 0 Å². The van der Waals surface area contributed by atoms with Gasteiger partial charge >= 0.3 is 0 Å². The van der Waals surface area contributed by atoms with Crippen molar-refractivity contribution < 1.29 is 0 Å². The minimum atomic E-state index is 0.101. The minimum absolute atomic E-state index is 0.101. The van der Waals surface area contributed by atoms with Crippen molar-refractivity contribution in [3.05, 3.63) is 42.2 Å². The van der Waals surface area contributed by atoms with Gasteiger partial charge in [-0.25, -0.2) is 0 Å². The Hall–Kier alpha value is -0.360. The maximum Gasteiger partial charge on any atom is 0.202 e. The first-order chi connectivity index (χ1) is 6.59. The first-order valence-electron chi connectivity index (χ1n) is 4.07. The number of nitrogens with one attached hydrogen (secondary N) is 1. The van der Waals surface area contributed by atoms with E-state index in [9.17, 15) is 4.79 Å². The molecule has 0 fully saturated rings. The molecule has 2 nitrogen and oxygen atoms in total. The summed E-state index contributed by atoms with van der Waals surface area (Å²) in [7, 11) is 0. The SMILES string of the molecule is Cc1[nH]c2cc(Br)ccc2c(=O)c1I. The maximum atomic E-state index is 11.8. The molecule has 2 rings (SSSR count). The number of benzene rings is 1. The Kier molecular flexibility index (Phi) is 2.66. The second kappa shape index (κ2) is 3.66. The Morgan fingerprint density at radius 3 is 2.86 bits per heavy atom. The summed E-state index contributed by atoms with van der Waals surface area (Å²) in [6.07, 6.45) is 0. The zero-order valence-electron chi connectivity index (χ0n) is 7.40. The summed E-state index contributed by atoms with van der Waals surface area (Å²) in [6.45, 7) is 1.91. The van der Waals surface area contributed by atoms with E-state index in [0.717, 1.165) is 24.6 Å². The van der Waals surface area contributed by atoms with Gasteiger partial charge in [-0.1, -0.05) is 15.9 Å². The number of hydrogen-bond acceptors (Lipinski definition) is 1. The third kappa shape index (κ3) is 1.61. The first kappa shape index (κ1) is 10.2. The normalized spacial score (nSPS) is 10.8. The molecule has 1 N–H and O–H groups in total. The smallest absolute Gasteiger partial charge is 0.202 e. The highest BCUT2D eigenvalue weighted by Gasteiger charge is 2.05. The molecule has 72 valence electrons. The largest absolute Gasteiger partial charge is 0.358 e. The van der Waals surface area contributed by atoms with E-state index in [1.807, 2.05) is 25.1 Å². The maximum absolute atomic E-state index is 11.8. The summed E-state index contributed by atoms with van der Waals surface area (Å²) in [6, 6.07) is 5.63. The number of hydrogen-bond donors (Lipinski definition) is 1. The van der Waals surface area contributed by atoms with Crippen LogP contribution < -0.4 is 5.43 Å². The lowest BCUT2D eigenvalue weighted by Crippen LogP contribution is -2.09. The molecule has 1 aromatic carbocycles. The summed E-state index contributed by atoms with van der Waals surface area (Å²) < 4.78 is 1.73. The van der Waals surface area contributed by atoms with E-state index < -0.39 is 0 Å². The van der Waals surface area contributed by atoms with Gasteiger partial charge in [-0.15, -0.1) is 0 Å². The van der Waals surface area contributed by atoms with Crippen LogP contribution in [0.1, 0.15) is 5.69 Å². The second-order valence-electron chi connectivity index (χ2n) is 3.08. The molecule has 0 bridgehead atoms. The van der Waals surface area contributed by atoms with E-state index in [1.54, 1.807) is 0 Å². The van der Waals surface area contributed by atoms with Gasteiger partial charge in [-0.2, -0.15) is 0 Å². The topological polar surface area (TPSA) is 32.9 Å². The highest BCUT2D eigenvalue weighted by Crippen LogP contribution is 2.17. The Bertz CT molecular complexity index is 562. The average Bonchev–Trinajstić information content (AvgIpc) is 2.14. The molecule has 1 heterocycles. The highest BCUT2D eigenvalue weighted by atomic mass is 127. The number of rotatable bonds is 0. The molecular weight excluding hydrogens is 357 g/mol. The standard InChI is InChI=1S/C10H7BrINO/c1-5-9(12)10(14)7-3-2-6(11)4-8(7)13-5/h2-4H,1H3,(H,13,14). The molecule has 1 aromatic heterocycles. The van der Waals surface area contributed by atoms with Gasteiger partial charge in [0, 0.05) is 15.6 Å². The van der Waals surface area contributed by atoms with Gasteiger partial charge in [-0.05, 0) is 47.7 Å². The van der Waals surface area contributed by atoms with Crippen molar-refractivity contribution in [2.24, 2.45) is 0 Å². The molecule has 2 aromatic rings. The zero-order valence-corrected chi connectivity index (χ0v) is 11.1. The molecule has 0 amide bonds. The van der Waals surface area contributed by atoms with Gasteiger partial charge < -0.3 is 4.98 Å². The van der Waals surface area contributed by atoms with E-state index in [1.165, 1.54) is 0 Å². The average molecular weight is 364 g/mol. The molecule has 0 spiro atoms. The second-order valence-corrected chi connectivity index (χ2v) is 5.08. The summed E-state index contributed by atoms with van der Waals surface area (Å²) in [5, 5.41) is 0.739. The summed E-state index contributed by atoms with van der Waals surface area (Å²) in [4.78, 5) is 15.0. The van der Waals surface area contributed by atoms with Gasteiger partial charge in [0.2, 0.25) is 5.43 Å². The Morgan fingerprint density at radius 2 is 2.14 bits per heavy atom. The summed E-state index contributed by atoms with van der Waals surface area (Å²) in [5.74, 6) is 0. The molecule has 0 aliphatic heterocycles. The quantitative estimate of drug-likeness (QED) is 0.716. The van der Waals surface area contributed by atoms with Gasteiger partial charge in [0.05, 0.1) is 9.09 Å². The van der Waals surface area contributed by atoms with E-state index in [0.29, 0.717) is 0 Å². The molecule has 0 aliphatic rings. The minimum Gasteiger partial charge on any atom is -0.358 e. The molecular formula is C10H7BrINO. The van der Waals surface area contributed by atoms with Gasteiger partial charge in [0.1, 0.15) is 0 Å². The third-order valence-corrected chi connectivity index (χ3v) is 3.87. The lowest BCUT2D eigenvalue weighted by Gasteiger charge is -2.02. The Labute approximate surface area is 103 Å². The number of aryl methyl sites for hydroxylation is 1. The monoisotopic (exact) mass is 363 g/mol. The van der Waals surface area contributed by atoms with Gasteiger partial charge in [0.25, 0.3) is 0 Å². The van der Waals surface area contributed by atoms with Crippen LogP contribution in [-0.4, -0.2) is 4.98 Å². The number of H-pyrrole nitrogens is 1. The number of pyridine rings is 1. The van der Waals surface area contributed by atoms with Crippen molar-refractivity contribution in [3.63, 3.8) is 0 Å². The van der Waals surface area contributed by atoms with Gasteiger partial charge in [0.15, 0.2) is 0 Å². The molecule has 0 saturated carbocycles. The fourth-order valence-corrected chi connectivity index (χ4v) is 2.15. The molecule has 0 aliphatic carbocycles. The van der Waals surface area contributed by atoms with Crippen molar-refractivity contribution >= 4 is 49.4 Å². The van der Waals surface area contributed by atoms with Crippen LogP contribution in [0, 0.1) is 10.5 Å². The third-order valence-electron chi connectivity index (χ3n) is 2.08. The van der Waals surface area contributed by atoms with Crippen LogP contribution in [0.15, 0.2) is 27.5 Å². The van der Waals surface area contributed by atoms with Crippen LogP contribution in [0.25, 0.3) is 10.9 Å². The van der Waals surface area contributed by atoms with Crippen molar-refractivity contribution in [2.45, 2.75) is 6.92 Å². The van der Waals surface area contributed by atoms with Gasteiger partial charge in [-0.3, -0.25) is 4.79 Å². The highest BCUT2D eigenvalue weighted by molar-refractivity contribution is 14.1. The molecule has 4 heteroatoms. The summed E-state index contributed by atoms with van der Waals surface area (Å²) >= 11 is 5.45.